The highest BCUT2D eigenvalue weighted by atomic mass is 79.9. The molecule has 0 heterocycles. The molecule has 0 aromatic heterocycles. The predicted octanol–water partition coefficient (Wildman–Crippen LogP) is 4.70. The molecule has 0 atom stereocenters. The van der Waals surface area contributed by atoms with Crippen molar-refractivity contribution in [1.82, 2.24) is 0 Å². The fourth-order valence-electron chi connectivity index (χ4n) is 2.36. The van der Waals surface area contributed by atoms with Crippen molar-refractivity contribution in [2.45, 2.75) is 0 Å². The highest BCUT2D eigenvalue weighted by Gasteiger charge is 2.09. The standard InChI is InChI=1S/C21H16BrNO3/c22-18-8-4-5-9-19(18)23-20(24)14-26-17-12-10-16(11-13-17)21(25)15-6-2-1-3-7-15/h1-13H,14H2,(H,23,24). The van der Waals surface area contributed by atoms with Crippen molar-refractivity contribution >= 4 is 33.3 Å². The van der Waals surface area contributed by atoms with Crippen LogP contribution in [-0.4, -0.2) is 18.3 Å². The Balaban J connectivity index is 1.57. The van der Waals surface area contributed by atoms with Crippen LogP contribution in [-0.2, 0) is 4.79 Å². The zero-order chi connectivity index (χ0) is 18.4. The lowest BCUT2D eigenvalue weighted by atomic mass is 10.0. The van der Waals surface area contributed by atoms with E-state index in [1.165, 1.54) is 0 Å². The predicted molar refractivity (Wildman–Crippen MR) is 105 cm³/mol. The Hall–Kier alpha value is -2.92. The molecule has 26 heavy (non-hydrogen) atoms. The van der Waals surface area contributed by atoms with E-state index in [0.29, 0.717) is 22.6 Å². The molecule has 4 nitrogen and oxygen atoms in total. The first-order valence-corrected chi connectivity index (χ1v) is 8.80. The van der Waals surface area contributed by atoms with Gasteiger partial charge in [0.1, 0.15) is 5.75 Å². The van der Waals surface area contributed by atoms with Crippen LogP contribution in [0.3, 0.4) is 0 Å². The molecule has 0 spiro atoms. The minimum Gasteiger partial charge on any atom is -0.484 e. The van der Waals surface area contributed by atoms with E-state index < -0.39 is 0 Å². The average Bonchev–Trinajstić information content (AvgIpc) is 2.69. The van der Waals surface area contributed by atoms with Crippen LogP contribution in [0.1, 0.15) is 15.9 Å². The van der Waals surface area contributed by atoms with Crippen LogP contribution in [0, 0.1) is 0 Å². The van der Waals surface area contributed by atoms with E-state index in [9.17, 15) is 9.59 Å². The Morgan fingerprint density at radius 1 is 0.808 bits per heavy atom. The number of amides is 1. The number of nitrogens with one attached hydrogen (secondary N) is 1. The molecule has 1 amide bonds. The number of hydrogen-bond acceptors (Lipinski definition) is 3. The number of ketones is 1. The Labute approximate surface area is 159 Å². The lowest BCUT2D eigenvalue weighted by Gasteiger charge is -2.09. The number of carbonyl (C=O) groups is 2. The summed E-state index contributed by atoms with van der Waals surface area (Å²) in [4.78, 5) is 24.3. The minimum absolute atomic E-state index is 0.0520. The van der Waals surface area contributed by atoms with Crippen LogP contribution < -0.4 is 10.1 Å². The van der Waals surface area contributed by atoms with Gasteiger partial charge >= 0.3 is 0 Å². The SMILES string of the molecule is O=C(COc1ccc(C(=O)c2ccccc2)cc1)Nc1ccccc1Br. The third-order valence-electron chi connectivity index (χ3n) is 3.67. The molecule has 0 saturated carbocycles. The molecule has 0 saturated heterocycles. The van der Waals surface area contributed by atoms with Crippen molar-refractivity contribution in [3.05, 3.63) is 94.5 Å². The molecule has 0 bridgehead atoms. The van der Waals surface area contributed by atoms with Gasteiger partial charge in [-0.1, -0.05) is 42.5 Å². The zero-order valence-electron chi connectivity index (χ0n) is 13.8. The maximum absolute atomic E-state index is 12.3. The van der Waals surface area contributed by atoms with Gasteiger partial charge < -0.3 is 10.1 Å². The van der Waals surface area contributed by atoms with E-state index >= 15 is 0 Å². The Kier molecular flexibility index (Phi) is 5.81. The molecule has 0 unspecified atom stereocenters. The summed E-state index contributed by atoms with van der Waals surface area (Å²) in [6.45, 7) is -0.118. The van der Waals surface area contributed by atoms with Crippen LogP contribution >= 0.6 is 15.9 Å². The molecule has 0 aliphatic heterocycles. The Morgan fingerprint density at radius 3 is 2.12 bits per heavy atom. The van der Waals surface area contributed by atoms with Gasteiger partial charge in [0.15, 0.2) is 12.4 Å². The second-order valence-corrected chi connectivity index (χ2v) is 6.39. The highest BCUT2D eigenvalue weighted by Crippen LogP contribution is 2.21. The molecule has 1 N–H and O–H groups in total. The van der Waals surface area contributed by atoms with Gasteiger partial charge in [-0.15, -0.1) is 0 Å². The average molecular weight is 410 g/mol. The maximum Gasteiger partial charge on any atom is 0.262 e. The van der Waals surface area contributed by atoms with E-state index in [-0.39, 0.29) is 18.3 Å². The lowest BCUT2D eigenvalue weighted by molar-refractivity contribution is -0.118. The van der Waals surface area contributed by atoms with Crippen molar-refractivity contribution in [1.29, 1.82) is 0 Å². The number of halogens is 1. The van der Waals surface area contributed by atoms with E-state index in [4.69, 9.17) is 4.74 Å². The molecule has 0 radical (unpaired) electrons. The van der Waals surface area contributed by atoms with Gasteiger partial charge in [0.25, 0.3) is 5.91 Å². The third kappa shape index (κ3) is 4.58. The number of benzene rings is 3. The lowest BCUT2D eigenvalue weighted by Crippen LogP contribution is -2.20. The molecule has 0 aliphatic rings. The Morgan fingerprint density at radius 2 is 1.42 bits per heavy atom. The van der Waals surface area contributed by atoms with Crippen molar-refractivity contribution < 1.29 is 14.3 Å². The highest BCUT2D eigenvalue weighted by molar-refractivity contribution is 9.10. The summed E-state index contributed by atoms with van der Waals surface area (Å²) in [7, 11) is 0. The second-order valence-electron chi connectivity index (χ2n) is 5.54. The van der Waals surface area contributed by atoms with Gasteiger partial charge in [-0.2, -0.15) is 0 Å². The first-order valence-electron chi connectivity index (χ1n) is 8.00. The van der Waals surface area contributed by atoms with Crippen LogP contribution in [0.4, 0.5) is 5.69 Å². The molecule has 3 rings (SSSR count). The summed E-state index contributed by atoms with van der Waals surface area (Å²) in [5, 5.41) is 2.77. The van der Waals surface area contributed by atoms with E-state index in [1.54, 1.807) is 42.5 Å². The minimum atomic E-state index is -0.263. The summed E-state index contributed by atoms with van der Waals surface area (Å²) in [6, 6.07) is 23.2. The summed E-state index contributed by atoms with van der Waals surface area (Å²) in [6.07, 6.45) is 0. The number of anilines is 1. The summed E-state index contributed by atoms with van der Waals surface area (Å²) in [5.74, 6) is 0.210. The molecule has 3 aromatic carbocycles. The van der Waals surface area contributed by atoms with E-state index in [1.807, 2.05) is 36.4 Å². The van der Waals surface area contributed by atoms with Gasteiger partial charge in [-0.25, -0.2) is 0 Å². The quantitative estimate of drug-likeness (QED) is 0.600. The third-order valence-corrected chi connectivity index (χ3v) is 4.36. The molecular formula is C21H16BrNO3. The molecule has 0 fully saturated rings. The van der Waals surface area contributed by atoms with Crippen molar-refractivity contribution in [2.24, 2.45) is 0 Å². The number of rotatable bonds is 6. The van der Waals surface area contributed by atoms with Crippen LogP contribution in [0.5, 0.6) is 5.75 Å². The topological polar surface area (TPSA) is 55.4 Å². The molecule has 0 aliphatic carbocycles. The smallest absolute Gasteiger partial charge is 0.262 e. The molecule has 3 aromatic rings. The van der Waals surface area contributed by atoms with Crippen molar-refractivity contribution in [3.63, 3.8) is 0 Å². The van der Waals surface area contributed by atoms with Gasteiger partial charge in [-0.05, 0) is 52.3 Å². The van der Waals surface area contributed by atoms with Crippen molar-refractivity contribution in [2.75, 3.05) is 11.9 Å². The normalized spacial score (nSPS) is 10.2. The molecule has 5 heteroatoms. The van der Waals surface area contributed by atoms with Gasteiger partial charge in [0, 0.05) is 15.6 Å². The zero-order valence-corrected chi connectivity index (χ0v) is 15.4. The van der Waals surface area contributed by atoms with Crippen LogP contribution in [0.2, 0.25) is 0 Å². The fraction of sp³-hybridized carbons (Fsp3) is 0.0476. The monoisotopic (exact) mass is 409 g/mol. The van der Waals surface area contributed by atoms with Gasteiger partial charge in [0.2, 0.25) is 0 Å². The maximum atomic E-state index is 12.3. The van der Waals surface area contributed by atoms with E-state index in [2.05, 4.69) is 21.2 Å². The largest absolute Gasteiger partial charge is 0.484 e. The van der Waals surface area contributed by atoms with Gasteiger partial charge in [0.05, 0.1) is 5.69 Å². The number of hydrogen-bond donors (Lipinski definition) is 1. The summed E-state index contributed by atoms with van der Waals surface area (Å²) < 4.78 is 6.28. The Bertz CT molecular complexity index is 908. The first-order chi connectivity index (χ1) is 12.6. The molecular weight excluding hydrogens is 394 g/mol. The fourth-order valence-corrected chi connectivity index (χ4v) is 2.74. The van der Waals surface area contributed by atoms with Gasteiger partial charge in [-0.3, -0.25) is 9.59 Å². The molecule has 130 valence electrons. The van der Waals surface area contributed by atoms with Crippen LogP contribution in [0.25, 0.3) is 0 Å². The number of para-hydroxylation sites is 1. The second kappa shape index (κ2) is 8.45. The number of ether oxygens (including phenoxy) is 1. The number of carbonyl (C=O) groups excluding carboxylic acids is 2. The summed E-state index contributed by atoms with van der Waals surface area (Å²) in [5.41, 5.74) is 1.89. The first kappa shape index (κ1) is 17.9. The summed E-state index contributed by atoms with van der Waals surface area (Å²) >= 11 is 3.37. The van der Waals surface area contributed by atoms with Crippen LogP contribution in [0.15, 0.2) is 83.3 Å². The van der Waals surface area contributed by atoms with E-state index in [0.717, 1.165) is 4.47 Å². The van der Waals surface area contributed by atoms with Crippen molar-refractivity contribution in [3.8, 4) is 5.75 Å².